The molecule has 5 aromatic rings. The summed E-state index contributed by atoms with van der Waals surface area (Å²) in [6.07, 6.45) is 6.94. The van der Waals surface area contributed by atoms with E-state index in [9.17, 15) is 0 Å². The van der Waals surface area contributed by atoms with Crippen molar-refractivity contribution in [1.82, 2.24) is 4.57 Å². The summed E-state index contributed by atoms with van der Waals surface area (Å²) < 4.78 is 3.84. The van der Waals surface area contributed by atoms with Gasteiger partial charge in [-0.05, 0) is 36.6 Å². The van der Waals surface area contributed by atoms with Gasteiger partial charge in [-0.2, -0.15) is 0 Å². The maximum Gasteiger partial charge on any atom is 0.0640 e. The molecule has 0 spiro atoms. The van der Waals surface area contributed by atoms with Crippen molar-refractivity contribution >= 4 is 49.3 Å². The number of rotatable bonds is 1. The van der Waals surface area contributed by atoms with E-state index >= 15 is 0 Å². The molecule has 0 atom stereocenters. The highest BCUT2D eigenvalue weighted by atomic mass is 32.1. The minimum absolute atomic E-state index is 1.16. The topological polar surface area (TPSA) is 4.93 Å². The van der Waals surface area contributed by atoms with E-state index in [1.54, 1.807) is 0 Å². The molecule has 0 fully saturated rings. The Kier molecular flexibility index (Phi) is 2.94. The first-order chi connectivity index (χ1) is 12.9. The van der Waals surface area contributed by atoms with Crippen molar-refractivity contribution in [2.75, 3.05) is 0 Å². The van der Waals surface area contributed by atoms with Crippen LogP contribution in [0.25, 0.3) is 43.7 Å². The zero-order valence-electron chi connectivity index (χ0n) is 14.3. The van der Waals surface area contributed by atoms with Crippen LogP contribution in [0.15, 0.2) is 72.8 Å². The summed E-state index contributed by atoms with van der Waals surface area (Å²) in [5.41, 5.74) is 5.29. The van der Waals surface area contributed by atoms with Gasteiger partial charge in [0, 0.05) is 21.0 Å². The number of thiophene rings is 1. The molecule has 0 unspecified atom stereocenters. The molecular formula is C24H17NS. The quantitative estimate of drug-likeness (QED) is 0.308. The summed E-state index contributed by atoms with van der Waals surface area (Å²) in [5.74, 6) is 0. The maximum atomic E-state index is 2.44. The van der Waals surface area contributed by atoms with Crippen LogP contribution in [0.3, 0.4) is 0 Å². The first-order valence-corrected chi connectivity index (χ1v) is 9.93. The number of fused-ring (bicyclic) bond motifs is 6. The van der Waals surface area contributed by atoms with E-state index in [2.05, 4.69) is 83.4 Å². The van der Waals surface area contributed by atoms with E-state index in [1.165, 1.54) is 48.0 Å². The standard InChI is InChI=1S/C24H17NS/c1-4-12-20-16(8-1)17-9-2-5-13-21(17)25(20)22-14-7-11-19-18-10-3-6-15-23(18)26-24(19)22/h1-5,7-14H,6,15H2. The van der Waals surface area contributed by atoms with Crippen molar-refractivity contribution in [3.05, 3.63) is 83.2 Å². The van der Waals surface area contributed by atoms with Crippen molar-refractivity contribution in [2.24, 2.45) is 0 Å². The minimum atomic E-state index is 1.16. The van der Waals surface area contributed by atoms with Gasteiger partial charge >= 0.3 is 0 Å². The molecule has 2 heteroatoms. The Morgan fingerprint density at radius 3 is 2.19 bits per heavy atom. The molecule has 26 heavy (non-hydrogen) atoms. The lowest BCUT2D eigenvalue weighted by Crippen LogP contribution is -1.93. The Labute approximate surface area is 155 Å². The van der Waals surface area contributed by atoms with Crippen molar-refractivity contribution in [3.63, 3.8) is 0 Å². The van der Waals surface area contributed by atoms with Gasteiger partial charge in [-0.15, -0.1) is 11.3 Å². The highest BCUT2D eigenvalue weighted by molar-refractivity contribution is 7.19. The number of nitrogens with zero attached hydrogens (tertiary/aromatic N) is 1. The normalized spacial score (nSPS) is 13.7. The van der Waals surface area contributed by atoms with Crippen molar-refractivity contribution in [3.8, 4) is 5.69 Å². The largest absolute Gasteiger partial charge is 0.308 e. The lowest BCUT2D eigenvalue weighted by Gasteiger charge is -2.09. The van der Waals surface area contributed by atoms with Gasteiger partial charge in [0.2, 0.25) is 0 Å². The Bertz CT molecular complexity index is 1280. The number of hydrogen-bond donors (Lipinski definition) is 0. The van der Waals surface area contributed by atoms with Crippen molar-refractivity contribution in [1.29, 1.82) is 0 Å². The number of aromatic nitrogens is 1. The zero-order chi connectivity index (χ0) is 17.1. The molecule has 0 aliphatic heterocycles. The zero-order valence-corrected chi connectivity index (χ0v) is 15.1. The van der Waals surface area contributed by atoms with E-state index in [4.69, 9.17) is 0 Å². The van der Waals surface area contributed by atoms with Crippen molar-refractivity contribution in [2.45, 2.75) is 12.8 Å². The Hall–Kier alpha value is -2.84. The monoisotopic (exact) mass is 351 g/mol. The molecule has 0 radical (unpaired) electrons. The van der Waals surface area contributed by atoms with Crippen molar-refractivity contribution < 1.29 is 0 Å². The van der Waals surface area contributed by atoms with E-state index < -0.39 is 0 Å². The maximum absolute atomic E-state index is 2.44. The summed E-state index contributed by atoms with van der Waals surface area (Å²) in [6.45, 7) is 0. The second kappa shape index (κ2) is 5.33. The van der Waals surface area contributed by atoms with Gasteiger partial charge in [0.15, 0.2) is 0 Å². The molecule has 0 N–H and O–H groups in total. The summed E-state index contributed by atoms with van der Waals surface area (Å²) in [6, 6.07) is 24.2. The molecule has 0 saturated heterocycles. The Morgan fingerprint density at radius 2 is 1.42 bits per heavy atom. The fourth-order valence-corrected chi connectivity index (χ4v) is 5.62. The molecule has 3 aromatic carbocycles. The first-order valence-electron chi connectivity index (χ1n) is 9.11. The molecule has 1 nitrogen and oxygen atoms in total. The number of para-hydroxylation sites is 2. The van der Waals surface area contributed by atoms with Crippen LogP contribution in [-0.4, -0.2) is 4.57 Å². The van der Waals surface area contributed by atoms with Gasteiger partial charge in [-0.25, -0.2) is 0 Å². The third-order valence-corrected chi connectivity index (χ3v) is 6.76. The minimum Gasteiger partial charge on any atom is -0.308 e. The molecule has 1 aliphatic rings. The van der Waals surface area contributed by atoms with Gasteiger partial charge < -0.3 is 4.57 Å². The molecule has 6 rings (SSSR count). The third kappa shape index (κ3) is 1.85. The first kappa shape index (κ1) is 14.3. The Morgan fingerprint density at radius 1 is 0.731 bits per heavy atom. The van der Waals surface area contributed by atoms with Crippen LogP contribution in [0.4, 0.5) is 0 Å². The van der Waals surface area contributed by atoms with Gasteiger partial charge in [-0.3, -0.25) is 0 Å². The Balaban J connectivity index is 1.79. The van der Waals surface area contributed by atoms with Gasteiger partial charge in [0.1, 0.15) is 0 Å². The van der Waals surface area contributed by atoms with Gasteiger partial charge in [-0.1, -0.05) is 60.7 Å². The van der Waals surface area contributed by atoms with Crippen LogP contribution in [0.5, 0.6) is 0 Å². The number of hydrogen-bond acceptors (Lipinski definition) is 1. The molecule has 124 valence electrons. The molecule has 0 bridgehead atoms. The van der Waals surface area contributed by atoms with E-state index in [-0.39, 0.29) is 0 Å². The second-order valence-corrected chi connectivity index (χ2v) is 8.01. The predicted molar refractivity (Wildman–Crippen MR) is 114 cm³/mol. The van der Waals surface area contributed by atoms with Crippen LogP contribution in [0, 0.1) is 0 Å². The average Bonchev–Trinajstić information content (AvgIpc) is 3.24. The fourth-order valence-electron chi connectivity index (χ4n) is 4.31. The van der Waals surface area contributed by atoms with Gasteiger partial charge in [0.25, 0.3) is 0 Å². The van der Waals surface area contributed by atoms with E-state index in [0.717, 1.165) is 12.8 Å². The van der Waals surface area contributed by atoms with Crippen LogP contribution in [0.2, 0.25) is 0 Å². The summed E-state index contributed by atoms with van der Waals surface area (Å²) in [4.78, 5) is 1.52. The predicted octanol–water partition coefficient (Wildman–Crippen LogP) is 6.96. The van der Waals surface area contributed by atoms with Crippen LogP contribution >= 0.6 is 11.3 Å². The van der Waals surface area contributed by atoms with Gasteiger partial charge in [0.05, 0.1) is 21.4 Å². The SMILES string of the molecule is C1=Cc2c(sc3c(-n4c5ccccc5c5ccccc54)cccc23)CC1. The van der Waals surface area contributed by atoms with Crippen LogP contribution in [-0.2, 0) is 6.42 Å². The highest BCUT2D eigenvalue weighted by Crippen LogP contribution is 2.41. The number of allylic oxidation sites excluding steroid dienone is 1. The highest BCUT2D eigenvalue weighted by Gasteiger charge is 2.18. The number of benzene rings is 3. The lowest BCUT2D eigenvalue weighted by atomic mass is 10.0. The molecule has 2 aromatic heterocycles. The molecular weight excluding hydrogens is 334 g/mol. The van der Waals surface area contributed by atoms with Crippen LogP contribution in [0.1, 0.15) is 16.9 Å². The molecule has 0 amide bonds. The summed E-state index contributed by atoms with van der Waals surface area (Å²) >= 11 is 1.97. The second-order valence-electron chi connectivity index (χ2n) is 6.90. The smallest absolute Gasteiger partial charge is 0.0640 e. The summed E-state index contributed by atoms with van der Waals surface area (Å²) in [7, 11) is 0. The molecule has 1 aliphatic carbocycles. The fraction of sp³-hybridized carbons (Fsp3) is 0.0833. The molecule has 2 heterocycles. The van der Waals surface area contributed by atoms with E-state index in [1.807, 2.05) is 11.3 Å². The average molecular weight is 351 g/mol. The third-order valence-electron chi connectivity index (χ3n) is 5.45. The number of aryl methyl sites for hydroxylation is 1. The van der Waals surface area contributed by atoms with Crippen LogP contribution < -0.4 is 0 Å². The lowest BCUT2D eigenvalue weighted by molar-refractivity contribution is 1.02. The molecule has 0 saturated carbocycles. The van der Waals surface area contributed by atoms with E-state index in [0.29, 0.717) is 0 Å². The summed E-state index contributed by atoms with van der Waals surface area (Å²) in [5, 5.41) is 4.03.